The van der Waals surface area contributed by atoms with Crippen LogP contribution in [0.5, 0.6) is 0 Å². The molecule has 1 unspecified atom stereocenters. The second kappa shape index (κ2) is 7.19. The van der Waals surface area contributed by atoms with Crippen molar-refractivity contribution in [3.05, 3.63) is 35.4 Å². The zero-order chi connectivity index (χ0) is 15.4. The fourth-order valence-corrected chi connectivity index (χ4v) is 3.18. The Hall–Kier alpha value is -1.19. The molecule has 0 amide bonds. The third-order valence-electron chi connectivity index (χ3n) is 4.74. The average molecular weight is 288 g/mol. The Labute approximate surface area is 128 Å². The minimum absolute atomic E-state index is 0.0510. The van der Waals surface area contributed by atoms with Crippen molar-refractivity contribution in [1.29, 1.82) is 0 Å². The molecule has 1 aromatic carbocycles. The predicted molar refractivity (Wildman–Crippen MR) is 87.1 cm³/mol. The third kappa shape index (κ3) is 4.39. The highest BCUT2D eigenvalue weighted by Crippen LogP contribution is 2.24. The molecule has 1 fully saturated rings. The standard InChI is InChI=1S/C18H28N2O/c1-13-5-4-6-14(2)20(13)12-17-9-7-16(8-10-17)11-18(19)15(3)21/h7-10,13-14,18H,4-6,11-12,19H2,1-3H3/t13-,14+,18?. The van der Waals surface area contributed by atoms with Gasteiger partial charge in [-0.2, -0.15) is 0 Å². The molecule has 0 saturated carbocycles. The number of Topliss-reactive ketones (excluding diaryl/α,β-unsaturated/α-hetero) is 1. The monoisotopic (exact) mass is 288 g/mol. The van der Waals surface area contributed by atoms with Gasteiger partial charge in [-0.3, -0.25) is 9.69 Å². The predicted octanol–water partition coefficient (Wildman–Crippen LogP) is 2.91. The lowest BCUT2D eigenvalue weighted by atomic mass is 9.96. The summed E-state index contributed by atoms with van der Waals surface area (Å²) in [5.74, 6) is 0.0510. The molecule has 3 heteroatoms. The highest BCUT2D eigenvalue weighted by Gasteiger charge is 2.24. The zero-order valence-corrected chi connectivity index (χ0v) is 13.5. The van der Waals surface area contributed by atoms with E-state index in [4.69, 9.17) is 5.73 Å². The largest absolute Gasteiger partial charge is 0.321 e. The van der Waals surface area contributed by atoms with Crippen LogP contribution >= 0.6 is 0 Å². The van der Waals surface area contributed by atoms with Gasteiger partial charge in [0.25, 0.3) is 0 Å². The molecular formula is C18H28N2O. The second-order valence-electron chi connectivity index (χ2n) is 6.54. The summed E-state index contributed by atoms with van der Waals surface area (Å²) in [6.45, 7) is 7.23. The maximum absolute atomic E-state index is 11.2. The molecule has 3 nitrogen and oxygen atoms in total. The van der Waals surface area contributed by atoms with E-state index in [-0.39, 0.29) is 11.8 Å². The van der Waals surface area contributed by atoms with E-state index in [2.05, 4.69) is 43.0 Å². The van der Waals surface area contributed by atoms with Gasteiger partial charge in [0.15, 0.2) is 0 Å². The minimum Gasteiger partial charge on any atom is -0.321 e. The topological polar surface area (TPSA) is 46.3 Å². The van der Waals surface area contributed by atoms with Gasteiger partial charge >= 0.3 is 0 Å². The lowest BCUT2D eigenvalue weighted by molar-refractivity contribution is -0.118. The Morgan fingerprint density at radius 1 is 1.19 bits per heavy atom. The van der Waals surface area contributed by atoms with E-state index in [0.717, 1.165) is 12.1 Å². The number of rotatable bonds is 5. The number of benzene rings is 1. The second-order valence-corrected chi connectivity index (χ2v) is 6.54. The number of carbonyl (C=O) groups is 1. The number of carbonyl (C=O) groups excluding carboxylic acids is 1. The van der Waals surface area contributed by atoms with Crippen LogP contribution in [0.25, 0.3) is 0 Å². The van der Waals surface area contributed by atoms with Crippen molar-refractivity contribution >= 4 is 5.78 Å². The van der Waals surface area contributed by atoms with Crippen molar-refractivity contribution in [1.82, 2.24) is 4.90 Å². The van der Waals surface area contributed by atoms with E-state index in [1.54, 1.807) is 6.92 Å². The molecule has 1 saturated heterocycles. The first-order chi connectivity index (χ1) is 9.97. The van der Waals surface area contributed by atoms with Crippen molar-refractivity contribution in [2.75, 3.05) is 0 Å². The van der Waals surface area contributed by atoms with E-state index in [9.17, 15) is 4.79 Å². The van der Waals surface area contributed by atoms with Gasteiger partial charge in [0.2, 0.25) is 0 Å². The molecule has 0 spiro atoms. The van der Waals surface area contributed by atoms with Gasteiger partial charge in [0.05, 0.1) is 6.04 Å². The highest BCUT2D eigenvalue weighted by molar-refractivity contribution is 5.81. The first-order valence-electron chi connectivity index (χ1n) is 8.07. The van der Waals surface area contributed by atoms with Gasteiger partial charge in [0.1, 0.15) is 5.78 Å². The summed E-state index contributed by atoms with van der Waals surface area (Å²) in [4.78, 5) is 13.8. The van der Waals surface area contributed by atoms with Crippen LogP contribution in [0.15, 0.2) is 24.3 Å². The van der Waals surface area contributed by atoms with Crippen LogP contribution in [-0.4, -0.2) is 28.8 Å². The molecule has 1 aliphatic rings. The maximum Gasteiger partial charge on any atom is 0.146 e. The lowest BCUT2D eigenvalue weighted by Crippen LogP contribution is -2.42. The SMILES string of the molecule is CC(=O)C(N)Cc1ccc(CN2[C@H](C)CCC[C@@H]2C)cc1. The van der Waals surface area contributed by atoms with Crippen LogP contribution in [0.2, 0.25) is 0 Å². The van der Waals surface area contributed by atoms with Gasteiger partial charge in [-0.05, 0) is 51.2 Å². The number of likely N-dealkylation sites (tertiary alicyclic amines) is 1. The molecule has 116 valence electrons. The van der Waals surface area contributed by atoms with E-state index in [1.807, 2.05) is 0 Å². The van der Waals surface area contributed by atoms with Crippen molar-refractivity contribution in [3.63, 3.8) is 0 Å². The fraction of sp³-hybridized carbons (Fsp3) is 0.611. The Bertz CT molecular complexity index is 459. The number of hydrogen-bond acceptors (Lipinski definition) is 3. The summed E-state index contributed by atoms with van der Waals surface area (Å²) < 4.78 is 0. The first-order valence-corrected chi connectivity index (χ1v) is 8.07. The Morgan fingerprint density at radius 2 is 1.71 bits per heavy atom. The third-order valence-corrected chi connectivity index (χ3v) is 4.74. The number of hydrogen-bond donors (Lipinski definition) is 1. The summed E-state index contributed by atoms with van der Waals surface area (Å²) in [5, 5.41) is 0. The lowest BCUT2D eigenvalue weighted by Gasteiger charge is -2.39. The Kier molecular flexibility index (Phi) is 5.54. The molecule has 0 aromatic heterocycles. The quantitative estimate of drug-likeness (QED) is 0.906. The van der Waals surface area contributed by atoms with Gasteiger partial charge in [-0.25, -0.2) is 0 Å². The summed E-state index contributed by atoms with van der Waals surface area (Å²) in [6, 6.07) is 9.53. The molecule has 1 aromatic rings. The number of ketones is 1. The van der Waals surface area contributed by atoms with Crippen molar-refractivity contribution in [2.45, 2.75) is 71.1 Å². The van der Waals surface area contributed by atoms with E-state index >= 15 is 0 Å². The van der Waals surface area contributed by atoms with Crippen molar-refractivity contribution in [3.8, 4) is 0 Å². The molecule has 0 radical (unpaired) electrons. The highest BCUT2D eigenvalue weighted by atomic mass is 16.1. The van der Waals surface area contributed by atoms with Crippen LogP contribution in [-0.2, 0) is 17.8 Å². The van der Waals surface area contributed by atoms with Crippen LogP contribution in [0.4, 0.5) is 0 Å². The summed E-state index contributed by atoms with van der Waals surface area (Å²) >= 11 is 0. The average Bonchev–Trinajstić information content (AvgIpc) is 2.44. The summed E-state index contributed by atoms with van der Waals surface area (Å²) in [5.41, 5.74) is 8.30. The van der Waals surface area contributed by atoms with E-state index in [1.165, 1.54) is 24.8 Å². The van der Waals surface area contributed by atoms with Gasteiger partial charge in [-0.15, -0.1) is 0 Å². The molecular weight excluding hydrogens is 260 g/mol. The fourth-order valence-electron chi connectivity index (χ4n) is 3.18. The first kappa shape index (κ1) is 16.2. The Balaban J connectivity index is 1.97. The molecule has 21 heavy (non-hydrogen) atoms. The molecule has 0 aliphatic carbocycles. The summed E-state index contributed by atoms with van der Waals surface area (Å²) in [7, 11) is 0. The smallest absolute Gasteiger partial charge is 0.146 e. The van der Waals surface area contributed by atoms with Crippen LogP contribution in [0.3, 0.4) is 0 Å². The van der Waals surface area contributed by atoms with Gasteiger partial charge < -0.3 is 5.73 Å². The molecule has 2 N–H and O–H groups in total. The van der Waals surface area contributed by atoms with Crippen molar-refractivity contribution in [2.24, 2.45) is 5.73 Å². The number of nitrogens with two attached hydrogens (primary N) is 1. The molecule has 1 heterocycles. The zero-order valence-electron chi connectivity index (χ0n) is 13.5. The normalized spacial score (nSPS) is 24.8. The van der Waals surface area contributed by atoms with E-state index in [0.29, 0.717) is 18.5 Å². The van der Waals surface area contributed by atoms with Crippen LogP contribution in [0, 0.1) is 0 Å². The molecule has 3 atom stereocenters. The van der Waals surface area contributed by atoms with Crippen LogP contribution < -0.4 is 5.73 Å². The number of piperidine rings is 1. The van der Waals surface area contributed by atoms with Gasteiger partial charge in [-0.1, -0.05) is 30.7 Å². The number of nitrogens with zero attached hydrogens (tertiary/aromatic N) is 1. The van der Waals surface area contributed by atoms with Gasteiger partial charge in [0, 0.05) is 18.6 Å². The molecule has 1 aliphatic heterocycles. The molecule has 0 bridgehead atoms. The molecule has 2 rings (SSSR count). The van der Waals surface area contributed by atoms with E-state index < -0.39 is 0 Å². The minimum atomic E-state index is -0.377. The Morgan fingerprint density at radius 3 is 2.24 bits per heavy atom. The van der Waals surface area contributed by atoms with Crippen LogP contribution in [0.1, 0.15) is 51.2 Å². The maximum atomic E-state index is 11.2. The summed E-state index contributed by atoms with van der Waals surface area (Å²) in [6.07, 6.45) is 4.58. The van der Waals surface area contributed by atoms with Crippen molar-refractivity contribution < 1.29 is 4.79 Å².